The maximum atomic E-state index is 11.8. The van der Waals surface area contributed by atoms with Gasteiger partial charge >= 0.3 is 0 Å². The van der Waals surface area contributed by atoms with Crippen LogP contribution < -0.4 is 0 Å². The van der Waals surface area contributed by atoms with Crippen LogP contribution in [0.2, 0.25) is 0 Å². The van der Waals surface area contributed by atoms with E-state index < -0.39 is 9.84 Å². The van der Waals surface area contributed by atoms with Crippen molar-refractivity contribution in [3.8, 4) is 0 Å². The van der Waals surface area contributed by atoms with E-state index in [0.717, 1.165) is 12.2 Å². The minimum atomic E-state index is -2.87. The van der Waals surface area contributed by atoms with Crippen LogP contribution in [0.5, 0.6) is 0 Å². The third kappa shape index (κ3) is 2.23. The number of sulfone groups is 1. The summed E-state index contributed by atoms with van der Waals surface area (Å²) in [5.74, 6) is 2.84. The monoisotopic (exact) mass is 258 g/mol. The molecule has 0 bridgehead atoms. The van der Waals surface area contributed by atoms with Crippen molar-refractivity contribution in [2.24, 2.45) is 23.7 Å². The lowest BCUT2D eigenvalue weighted by Crippen LogP contribution is -2.24. The van der Waals surface area contributed by atoms with Crippen LogP contribution in [-0.4, -0.2) is 25.0 Å². The van der Waals surface area contributed by atoms with E-state index >= 15 is 0 Å². The van der Waals surface area contributed by atoms with Gasteiger partial charge in [0, 0.05) is 0 Å². The molecule has 0 aromatic carbocycles. The maximum Gasteiger partial charge on any atom is 0.159 e. The zero-order valence-electron chi connectivity index (χ0n) is 9.34. The molecule has 4 atom stereocenters. The molecule has 16 heavy (non-hydrogen) atoms. The summed E-state index contributed by atoms with van der Waals surface area (Å²) in [5.41, 5.74) is 0. The lowest BCUT2D eigenvalue weighted by atomic mass is 9.90. The van der Waals surface area contributed by atoms with Crippen molar-refractivity contribution < 1.29 is 8.42 Å². The maximum absolute atomic E-state index is 11.8. The van der Waals surface area contributed by atoms with Crippen LogP contribution in [-0.2, 0) is 9.84 Å². The van der Waals surface area contributed by atoms with Gasteiger partial charge in [0.25, 0.3) is 0 Å². The Morgan fingerprint density at radius 2 is 1.75 bits per heavy atom. The second-order valence-corrected chi connectivity index (χ2v) is 8.27. The van der Waals surface area contributed by atoms with Crippen molar-refractivity contribution in [1.82, 2.24) is 0 Å². The summed E-state index contributed by atoms with van der Waals surface area (Å²) in [5, 5.41) is 0.285. The zero-order chi connectivity index (χ0) is 11.8. The van der Waals surface area contributed by atoms with Crippen molar-refractivity contribution in [2.75, 3.05) is 16.6 Å². The summed E-state index contributed by atoms with van der Waals surface area (Å²) < 4.78 is 23.6. The van der Waals surface area contributed by atoms with E-state index in [2.05, 4.69) is 13.2 Å². The number of thioether (sulfide) groups is 1. The van der Waals surface area contributed by atoms with Crippen LogP contribution in [0.15, 0.2) is 25.3 Å². The van der Waals surface area contributed by atoms with Gasteiger partial charge in [-0.15, -0.1) is 24.9 Å². The minimum absolute atomic E-state index is 0.264. The Morgan fingerprint density at radius 3 is 2.38 bits per heavy atom. The average Bonchev–Trinajstić information content (AvgIpc) is 2.46. The van der Waals surface area contributed by atoms with Crippen molar-refractivity contribution in [3.63, 3.8) is 0 Å². The van der Waals surface area contributed by atoms with Gasteiger partial charge in [-0.3, -0.25) is 0 Å². The summed E-state index contributed by atoms with van der Waals surface area (Å²) in [6.07, 6.45) is 4.96. The fourth-order valence-corrected chi connectivity index (χ4v) is 6.62. The Bertz CT molecular complexity index is 386. The average molecular weight is 258 g/mol. The molecule has 2 aliphatic rings. The lowest BCUT2D eigenvalue weighted by molar-refractivity contribution is 0.389. The molecule has 1 heterocycles. The highest BCUT2D eigenvalue weighted by Crippen LogP contribution is 2.46. The van der Waals surface area contributed by atoms with E-state index in [4.69, 9.17) is 0 Å². The Balaban J connectivity index is 2.28. The molecule has 0 aromatic heterocycles. The first-order valence-electron chi connectivity index (χ1n) is 5.60. The zero-order valence-corrected chi connectivity index (χ0v) is 11.0. The van der Waals surface area contributed by atoms with E-state index in [1.807, 2.05) is 12.2 Å². The van der Waals surface area contributed by atoms with Crippen LogP contribution in [0, 0.1) is 23.7 Å². The molecule has 1 aliphatic heterocycles. The summed E-state index contributed by atoms with van der Waals surface area (Å²) in [4.78, 5) is 0. The summed E-state index contributed by atoms with van der Waals surface area (Å²) in [6, 6.07) is 0. The Morgan fingerprint density at radius 1 is 1.12 bits per heavy atom. The number of hydrogen-bond acceptors (Lipinski definition) is 3. The number of allylic oxidation sites excluding steroid dienone is 2. The van der Waals surface area contributed by atoms with Crippen LogP contribution in [0.3, 0.4) is 0 Å². The fourth-order valence-electron chi connectivity index (χ4n) is 2.99. The molecule has 1 aliphatic carbocycles. The number of hydrogen-bond donors (Lipinski definition) is 0. The van der Waals surface area contributed by atoms with Crippen molar-refractivity contribution >= 4 is 21.6 Å². The lowest BCUT2D eigenvalue weighted by Gasteiger charge is -2.20. The fraction of sp³-hybridized carbons (Fsp3) is 0.667. The standard InChI is InChI=1S/C12H18O2S2/c1-3-9-5-10(4-2)12-7-16(13,14)8-15-6-11(9)12/h3-4,9-12H,1-2,5-8H2. The van der Waals surface area contributed by atoms with E-state index in [0.29, 0.717) is 23.5 Å². The molecule has 2 fully saturated rings. The van der Waals surface area contributed by atoms with Gasteiger partial charge in [-0.1, -0.05) is 12.2 Å². The predicted molar refractivity (Wildman–Crippen MR) is 70.1 cm³/mol. The minimum Gasteiger partial charge on any atom is -0.228 e. The smallest absolute Gasteiger partial charge is 0.159 e. The summed E-state index contributed by atoms with van der Waals surface area (Å²) in [6.45, 7) is 7.72. The molecule has 4 heteroatoms. The third-order valence-electron chi connectivity index (χ3n) is 3.82. The highest BCUT2D eigenvalue weighted by molar-refractivity contribution is 8.12. The van der Waals surface area contributed by atoms with Gasteiger partial charge in [-0.05, 0) is 35.8 Å². The SMILES string of the molecule is C=CC1CC(C=C)C2CS(=O)(=O)CSCC12. The van der Waals surface area contributed by atoms with Crippen molar-refractivity contribution in [1.29, 1.82) is 0 Å². The molecule has 0 radical (unpaired) electrons. The topological polar surface area (TPSA) is 34.1 Å². The Labute approximate surface area is 102 Å². The Kier molecular flexibility index (Phi) is 3.50. The predicted octanol–water partition coefficient (Wildman–Crippen LogP) is 2.35. The van der Waals surface area contributed by atoms with Gasteiger partial charge in [0.15, 0.2) is 9.84 Å². The molecular formula is C12H18O2S2. The summed E-state index contributed by atoms with van der Waals surface area (Å²) in [7, 11) is -2.87. The van der Waals surface area contributed by atoms with Crippen molar-refractivity contribution in [2.45, 2.75) is 6.42 Å². The molecule has 2 rings (SSSR count). The van der Waals surface area contributed by atoms with E-state index in [-0.39, 0.29) is 11.0 Å². The van der Waals surface area contributed by atoms with E-state index in [1.165, 1.54) is 0 Å². The number of rotatable bonds is 2. The molecule has 1 saturated heterocycles. The highest BCUT2D eigenvalue weighted by atomic mass is 32.3. The van der Waals surface area contributed by atoms with Crippen LogP contribution in [0.1, 0.15) is 6.42 Å². The van der Waals surface area contributed by atoms with E-state index in [1.54, 1.807) is 11.8 Å². The highest BCUT2D eigenvalue weighted by Gasteiger charge is 2.43. The molecule has 1 saturated carbocycles. The van der Waals surface area contributed by atoms with Gasteiger partial charge in [0.1, 0.15) is 0 Å². The van der Waals surface area contributed by atoms with Crippen LogP contribution in [0.4, 0.5) is 0 Å². The molecule has 2 nitrogen and oxygen atoms in total. The van der Waals surface area contributed by atoms with Gasteiger partial charge in [0.05, 0.1) is 10.8 Å². The van der Waals surface area contributed by atoms with Gasteiger partial charge in [-0.2, -0.15) is 0 Å². The molecule has 0 amide bonds. The molecule has 90 valence electrons. The second kappa shape index (κ2) is 4.57. The largest absolute Gasteiger partial charge is 0.228 e. The van der Waals surface area contributed by atoms with Crippen molar-refractivity contribution in [3.05, 3.63) is 25.3 Å². The molecular weight excluding hydrogens is 240 g/mol. The quantitative estimate of drug-likeness (QED) is 0.713. The first kappa shape index (κ1) is 12.2. The molecule has 0 aromatic rings. The molecule has 0 N–H and O–H groups in total. The normalized spacial score (nSPS) is 42.0. The summed E-state index contributed by atoms with van der Waals surface area (Å²) >= 11 is 1.56. The number of fused-ring (bicyclic) bond motifs is 1. The first-order chi connectivity index (χ1) is 7.57. The van der Waals surface area contributed by atoms with E-state index in [9.17, 15) is 8.42 Å². The molecule has 0 spiro atoms. The first-order valence-corrected chi connectivity index (χ1v) is 8.58. The van der Waals surface area contributed by atoms with Gasteiger partial charge < -0.3 is 0 Å². The van der Waals surface area contributed by atoms with Gasteiger partial charge in [-0.25, -0.2) is 8.42 Å². The van der Waals surface area contributed by atoms with Crippen LogP contribution in [0.25, 0.3) is 0 Å². The van der Waals surface area contributed by atoms with Crippen LogP contribution >= 0.6 is 11.8 Å². The second-order valence-electron chi connectivity index (χ2n) is 4.76. The third-order valence-corrected chi connectivity index (χ3v) is 7.44. The van der Waals surface area contributed by atoms with Gasteiger partial charge in [0.2, 0.25) is 0 Å². The molecule has 4 unspecified atom stereocenters. The Hall–Kier alpha value is -0.220.